The highest BCUT2D eigenvalue weighted by atomic mass is 35.5. The molecule has 1 atom stereocenters. The van der Waals surface area contributed by atoms with E-state index in [1.807, 2.05) is 6.92 Å². The van der Waals surface area contributed by atoms with Gasteiger partial charge in [0.15, 0.2) is 0 Å². The molecular weight excluding hydrogens is 478 g/mol. The summed E-state index contributed by atoms with van der Waals surface area (Å²) in [6.07, 6.45) is 3.16. The Labute approximate surface area is 194 Å². The van der Waals surface area contributed by atoms with E-state index in [1.165, 1.54) is 6.20 Å². The number of pyridine rings is 1. The van der Waals surface area contributed by atoms with Crippen molar-refractivity contribution in [1.82, 2.24) is 15.3 Å². The van der Waals surface area contributed by atoms with Crippen molar-refractivity contribution in [3.8, 4) is 11.1 Å². The van der Waals surface area contributed by atoms with Gasteiger partial charge in [0.1, 0.15) is 11.5 Å². The van der Waals surface area contributed by atoms with Crippen molar-refractivity contribution in [2.75, 3.05) is 18.5 Å². The van der Waals surface area contributed by atoms with Gasteiger partial charge in [0.2, 0.25) is 0 Å². The van der Waals surface area contributed by atoms with Gasteiger partial charge in [0, 0.05) is 35.1 Å². The molecule has 0 bridgehead atoms. The van der Waals surface area contributed by atoms with Gasteiger partial charge in [-0.05, 0) is 36.8 Å². The molecule has 5 N–H and O–H groups in total. The van der Waals surface area contributed by atoms with Gasteiger partial charge >= 0.3 is 7.82 Å². The average molecular weight is 499 g/mol. The summed E-state index contributed by atoms with van der Waals surface area (Å²) >= 11 is 12.3. The number of nitrogens with zero attached hydrogens (tertiary/aromatic N) is 1. The molecule has 3 aromatic rings. The first-order valence-electron chi connectivity index (χ1n) is 9.51. The molecule has 0 aliphatic rings. The minimum Gasteiger partial charge on any atom is -0.370 e. The number of phosphoric ester groups is 1. The zero-order chi connectivity index (χ0) is 23.3. The molecule has 170 valence electrons. The van der Waals surface area contributed by atoms with E-state index in [-0.39, 0.29) is 5.69 Å². The number of hydrogen-bond donors (Lipinski definition) is 5. The third-order valence-electron chi connectivity index (χ3n) is 4.42. The lowest BCUT2D eigenvalue weighted by Crippen LogP contribution is -2.31. The second-order valence-corrected chi connectivity index (χ2v) is 8.83. The number of aromatic nitrogens is 2. The first-order valence-corrected chi connectivity index (χ1v) is 11.8. The fourth-order valence-electron chi connectivity index (χ4n) is 2.97. The van der Waals surface area contributed by atoms with Crippen LogP contribution in [0, 0.1) is 0 Å². The fraction of sp³-hybridized carbons (Fsp3) is 0.200. The molecular formula is C20H21Cl2N4O5P. The number of carbonyl (C=O) groups excluding carboxylic acids is 1. The van der Waals surface area contributed by atoms with E-state index < -0.39 is 26.4 Å². The molecule has 0 spiro atoms. The van der Waals surface area contributed by atoms with Crippen LogP contribution in [0.2, 0.25) is 10.0 Å². The van der Waals surface area contributed by atoms with E-state index in [0.717, 1.165) is 0 Å². The summed E-state index contributed by atoms with van der Waals surface area (Å²) in [5.74, 6) is 0.141. The monoisotopic (exact) mass is 498 g/mol. The Kier molecular flexibility index (Phi) is 7.95. The first kappa shape index (κ1) is 24.3. The predicted octanol–water partition coefficient (Wildman–Crippen LogP) is 4.40. The number of rotatable bonds is 9. The second-order valence-electron chi connectivity index (χ2n) is 6.75. The van der Waals surface area contributed by atoms with Crippen LogP contribution in [-0.4, -0.2) is 38.8 Å². The van der Waals surface area contributed by atoms with Gasteiger partial charge in [-0.2, -0.15) is 0 Å². The van der Waals surface area contributed by atoms with Crippen molar-refractivity contribution in [2.24, 2.45) is 0 Å². The molecule has 12 heteroatoms. The second kappa shape index (κ2) is 10.5. The summed E-state index contributed by atoms with van der Waals surface area (Å²) in [4.78, 5) is 38.1. The SMILES string of the molecule is CCNc1cc(-c2c[nH]c(C(=O)N[C@H](COP(=O)(O)O)c3cccc(Cl)c3)c2)c(Cl)cn1. The molecule has 0 radical (unpaired) electrons. The summed E-state index contributed by atoms with van der Waals surface area (Å²) in [6, 6.07) is 9.09. The summed E-state index contributed by atoms with van der Waals surface area (Å²) in [6.45, 7) is 2.18. The number of halogens is 2. The minimum absolute atomic E-state index is 0.223. The molecule has 0 fully saturated rings. The molecule has 0 aliphatic heterocycles. The smallest absolute Gasteiger partial charge is 0.370 e. The highest BCUT2D eigenvalue weighted by Gasteiger charge is 2.23. The largest absolute Gasteiger partial charge is 0.469 e. The standard InChI is InChI=1S/C20H21Cl2N4O5P/c1-2-23-19-8-15(16(22)10-25-19)13-7-17(24-9-13)20(27)26-18(11-31-32(28,29)30)12-4-3-5-14(21)6-12/h3-10,18,24H,2,11H2,1H3,(H,23,25)(H,26,27)(H2,28,29,30)/t18-/m1/s1. The number of aromatic amines is 1. The third-order valence-corrected chi connectivity index (χ3v) is 5.44. The van der Waals surface area contributed by atoms with Crippen LogP contribution in [0.4, 0.5) is 5.82 Å². The van der Waals surface area contributed by atoms with E-state index >= 15 is 0 Å². The highest BCUT2D eigenvalue weighted by molar-refractivity contribution is 7.46. The van der Waals surface area contributed by atoms with Gasteiger partial charge in [-0.25, -0.2) is 9.55 Å². The van der Waals surface area contributed by atoms with Crippen molar-refractivity contribution >= 4 is 42.7 Å². The summed E-state index contributed by atoms with van der Waals surface area (Å²) in [7, 11) is -4.74. The van der Waals surface area contributed by atoms with Crippen molar-refractivity contribution < 1.29 is 23.7 Å². The van der Waals surface area contributed by atoms with E-state index in [2.05, 4.69) is 25.1 Å². The zero-order valence-electron chi connectivity index (χ0n) is 16.9. The van der Waals surface area contributed by atoms with Crippen LogP contribution in [-0.2, 0) is 9.09 Å². The Morgan fingerprint density at radius 1 is 1.28 bits per heavy atom. The van der Waals surface area contributed by atoms with Crippen LogP contribution in [0.5, 0.6) is 0 Å². The number of anilines is 1. The molecule has 2 heterocycles. The van der Waals surface area contributed by atoms with Crippen molar-refractivity contribution in [3.63, 3.8) is 0 Å². The number of H-pyrrole nitrogens is 1. The zero-order valence-corrected chi connectivity index (χ0v) is 19.3. The van der Waals surface area contributed by atoms with Crippen molar-refractivity contribution in [1.29, 1.82) is 0 Å². The van der Waals surface area contributed by atoms with Crippen LogP contribution in [0.3, 0.4) is 0 Å². The lowest BCUT2D eigenvalue weighted by molar-refractivity contribution is 0.0904. The van der Waals surface area contributed by atoms with Gasteiger partial charge < -0.3 is 25.4 Å². The normalized spacial score (nSPS) is 12.4. The molecule has 0 saturated heterocycles. The lowest BCUT2D eigenvalue weighted by atomic mass is 10.1. The van der Waals surface area contributed by atoms with E-state index in [9.17, 15) is 9.36 Å². The van der Waals surface area contributed by atoms with E-state index in [1.54, 1.807) is 42.6 Å². The Hall–Kier alpha value is -2.39. The van der Waals surface area contributed by atoms with Crippen LogP contribution < -0.4 is 10.6 Å². The van der Waals surface area contributed by atoms with Crippen LogP contribution in [0.25, 0.3) is 11.1 Å². The number of nitrogens with one attached hydrogen (secondary N) is 3. The fourth-order valence-corrected chi connectivity index (χ4v) is 3.73. The number of carbonyl (C=O) groups is 1. The van der Waals surface area contributed by atoms with E-state index in [4.69, 9.17) is 33.0 Å². The summed E-state index contributed by atoms with van der Waals surface area (Å²) in [5.41, 5.74) is 2.11. The van der Waals surface area contributed by atoms with E-state index in [0.29, 0.717) is 39.1 Å². The molecule has 1 aromatic carbocycles. The van der Waals surface area contributed by atoms with Crippen LogP contribution in [0.1, 0.15) is 29.0 Å². The summed E-state index contributed by atoms with van der Waals surface area (Å²) in [5, 5.41) is 6.63. The maximum absolute atomic E-state index is 12.9. The molecule has 9 nitrogen and oxygen atoms in total. The maximum Gasteiger partial charge on any atom is 0.469 e. The van der Waals surface area contributed by atoms with Crippen LogP contribution >= 0.6 is 31.0 Å². The van der Waals surface area contributed by atoms with Crippen LogP contribution in [0.15, 0.2) is 48.8 Å². The average Bonchev–Trinajstić information content (AvgIpc) is 3.22. The Morgan fingerprint density at radius 2 is 2.06 bits per heavy atom. The molecule has 1 amide bonds. The Morgan fingerprint density at radius 3 is 2.75 bits per heavy atom. The number of phosphoric acid groups is 1. The Balaban J connectivity index is 1.82. The van der Waals surface area contributed by atoms with Crippen molar-refractivity contribution in [3.05, 3.63) is 70.1 Å². The predicted molar refractivity (Wildman–Crippen MR) is 123 cm³/mol. The Bertz CT molecular complexity index is 1150. The van der Waals surface area contributed by atoms with Crippen molar-refractivity contribution in [2.45, 2.75) is 13.0 Å². The molecule has 0 saturated carbocycles. The number of benzene rings is 1. The maximum atomic E-state index is 12.9. The first-order chi connectivity index (χ1) is 15.2. The third kappa shape index (κ3) is 6.56. The van der Waals surface area contributed by atoms with Gasteiger partial charge in [-0.1, -0.05) is 35.3 Å². The van der Waals surface area contributed by atoms with Gasteiger partial charge in [0.25, 0.3) is 5.91 Å². The topological polar surface area (TPSA) is 137 Å². The quantitative estimate of drug-likeness (QED) is 0.276. The molecule has 2 aromatic heterocycles. The van der Waals surface area contributed by atoms with Gasteiger partial charge in [-0.15, -0.1) is 0 Å². The van der Waals surface area contributed by atoms with Gasteiger partial charge in [0.05, 0.1) is 17.7 Å². The number of amides is 1. The molecule has 3 rings (SSSR count). The minimum atomic E-state index is -4.74. The molecule has 0 aliphatic carbocycles. The highest BCUT2D eigenvalue weighted by Crippen LogP contribution is 2.37. The summed E-state index contributed by atoms with van der Waals surface area (Å²) < 4.78 is 15.8. The molecule has 0 unspecified atom stereocenters. The molecule has 32 heavy (non-hydrogen) atoms. The lowest BCUT2D eigenvalue weighted by Gasteiger charge is -2.19. The number of hydrogen-bond acceptors (Lipinski definition) is 5. The van der Waals surface area contributed by atoms with Gasteiger partial charge in [-0.3, -0.25) is 9.32 Å².